The van der Waals surface area contributed by atoms with E-state index in [2.05, 4.69) is 11.5 Å². The summed E-state index contributed by atoms with van der Waals surface area (Å²) in [6.07, 6.45) is 4.00. The number of hydrogen-bond donors (Lipinski definition) is 1. The third-order valence-electron chi connectivity index (χ3n) is 2.67. The molecule has 0 amide bonds. The minimum atomic E-state index is 0.784. The zero-order chi connectivity index (χ0) is 11.5. The monoisotopic (exact) mass is 216 g/mol. The molecule has 0 saturated heterocycles. The van der Waals surface area contributed by atoms with Crippen LogP contribution in [-0.2, 0) is 6.54 Å². The first-order valence-electron chi connectivity index (χ1n) is 5.35. The number of methoxy groups -OCH3 is 1. The Kier molecular flexibility index (Phi) is 2.86. The van der Waals surface area contributed by atoms with Crippen LogP contribution in [0.2, 0.25) is 0 Å². The fourth-order valence-corrected chi connectivity index (χ4v) is 1.80. The lowest BCUT2D eigenvalue weighted by molar-refractivity contribution is 0.416. The maximum Gasteiger partial charge on any atom is 0.126 e. The number of benzene rings is 1. The Morgan fingerprint density at radius 3 is 2.56 bits per heavy atom. The van der Waals surface area contributed by atoms with Crippen molar-refractivity contribution in [2.75, 3.05) is 12.8 Å². The first-order chi connectivity index (χ1) is 7.76. The number of nitrogens with zero attached hydrogens (tertiary/aromatic N) is 1. The van der Waals surface area contributed by atoms with Gasteiger partial charge in [-0.05, 0) is 13.0 Å². The maximum absolute atomic E-state index is 6.00. The Morgan fingerprint density at radius 2 is 1.94 bits per heavy atom. The number of nitrogens with two attached hydrogens (primary N) is 1. The highest BCUT2D eigenvalue weighted by Crippen LogP contribution is 2.33. The largest absolute Gasteiger partial charge is 0.496 e. The molecular formula is C13H16N2O. The predicted octanol–water partition coefficient (Wildman–Crippen LogP) is 2.77. The molecule has 0 fully saturated rings. The van der Waals surface area contributed by atoms with E-state index in [0.717, 1.165) is 29.1 Å². The molecule has 3 nitrogen and oxygen atoms in total. The minimum absolute atomic E-state index is 0.784. The summed E-state index contributed by atoms with van der Waals surface area (Å²) in [4.78, 5) is 0. The first-order valence-corrected chi connectivity index (χ1v) is 5.35. The summed E-state index contributed by atoms with van der Waals surface area (Å²) in [5.74, 6) is 0.850. The van der Waals surface area contributed by atoms with Crippen LogP contribution < -0.4 is 10.5 Å². The summed E-state index contributed by atoms with van der Waals surface area (Å²) in [5, 5.41) is 0. The number of aromatic nitrogens is 1. The van der Waals surface area contributed by atoms with Gasteiger partial charge in [-0.25, -0.2) is 0 Å². The Bertz CT molecular complexity index is 488. The molecule has 0 aliphatic rings. The van der Waals surface area contributed by atoms with Gasteiger partial charge in [0.05, 0.1) is 12.8 Å². The second-order valence-electron chi connectivity index (χ2n) is 3.66. The van der Waals surface area contributed by atoms with Crippen molar-refractivity contribution in [1.82, 2.24) is 4.57 Å². The quantitative estimate of drug-likeness (QED) is 0.857. The van der Waals surface area contributed by atoms with Crippen LogP contribution in [0.4, 0.5) is 5.69 Å². The maximum atomic E-state index is 6.00. The second kappa shape index (κ2) is 4.31. The number of ether oxygens (including phenoxy) is 1. The lowest BCUT2D eigenvalue weighted by Crippen LogP contribution is -1.89. The molecule has 0 unspecified atom stereocenters. The van der Waals surface area contributed by atoms with Crippen LogP contribution in [0, 0.1) is 0 Å². The van der Waals surface area contributed by atoms with Crippen molar-refractivity contribution in [3.63, 3.8) is 0 Å². The molecule has 3 heteroatoms. The smallest absolute Gasteiger partial charge is 0.126 e. The highest BCUT2D eigenvalue weighted by molar-refractivity contribution is 5.80. The van der Waals surface area contributed by atoms with Crippen LogP contribution in [0.15, 0.2) is 36.7 Å². The molecule has 2 aromatic rings. The van der Waals surface area contributed by atoms with Gasteiger partial charge in [-0.2, -0.15) is 0 Å². The molecule has 0 saturated carbocycles. The van der Waals surface area contributed by atoms with Crippen molar-refractivity contribution >= 4 is 5.69 Å². The number of rotatable bonds is 3. The molecule has 2 rings (SSSR count). The number of nitrogen functional groups attached to an aromatic ring is 1. The predicted molar refractivity (Wildman–Crippen MR) is 66.5 cm³/mol. The van der Waals surface area contributed by atoms with Gasteiger partial charge < -0.3 is 15.0 Å². The average Bonchev–Trinajstić information content (AvgIpc) is 2.70. The van der Waals surface area contributed by atoms with Crippen molar-refractivity contribution in [3.05, 3.63) is 36.7 Å². The van der Waals surface area contributed by atoms with Crippen LogP contribution in [0.5, 0.6) is 5.75 Å². The lowest BCUT2D eigenvalue weighted by atomic mass is 10.1. The third-order valence-corrected chi connectivity index (χ3v) is 2.67. The van der Waals surface area contributed by atoms with E-state index in [9.17, 15) is 0 Å². The fourth-order valence-electron chi connectivity index (χ4n) is 1.80. The van der Waals surface area contributed by atoms with Gasteiger partial charge >= 0.3 is 0 Å². The number of aryl methyl sites for hydroxylation is 1. The van der Waals surface area contributed by atoms with E-state index in [1.165, 1.54) is 0 Å². The van der Waals surface area contributed by atoms with Crippen molar-refractivity contribution in [3.8, 4) is 16.9 Å². The normalized spacial score (nSPS) is 10.4. The van der Waals surface area contributed by atoms with E-state index in [4.69, 9.17) is 10.5 Å². The van der Waals surface area contributed by atoms with E-state index in [0.29, 0.717) is 0 Å². The molecule has 0 radical (unpaired) electrons. The summed E-state index contributed by atoms with van der Waals surface area (Å²) in [6, 6.07) is 7.90. The highest BCUT2D eigenvalue weighted by atomic mass is 16.5. The van der Waals surface area contributed by atoms with E-state index in [1.54, 1.807) is 7.11 Å². The lowest BCUT2D eigenvalue weighted by Gasteiger charge is -2.07. The Balaban J connectivity index is 2.53. The summed E-state index contributed by atoms with van der Waals surface area (Å²) in [7, 11) is 1.67. The van der Waals surface area contributed by atoms with E-state index >= 15 is 0 Å². The van der Waals surface area contributed by atoms with Gasteiger partial charge in [0.15, 0.2) is 0 Å². The average molecular weight is 216 g/mol. The molecular weight excluding hydrogens is 200 g/mol. The van der Waals surface area contributed by atoms with E-state index in [1.807, 2.05) is 36.7 Å². The van der Waals surface area contributed by atoms with Gasteiger partial charge in [0.1, 0.15) is 5.75 Å². The van der Waals surface area contributed by atoms with Crippen molar-refractivity contribution in [2.24, 2.45) is 0 Å². The highest BCUT2D eigenvalue weighted by Gasteiger charge is 2.10. The molecule has 0 atom stereocenters. The van der Waals surface area contributed by atoms with Crippen LogP contribution in [0.3, 0.4) is 0 Å². The Hall–Kier alpha value is -1.90. The molecule has 1 aromatic heterocycles. The molecule has 0 aliphatic heterocycles. The first kappa shape index (κ1) is 10.6. The van der Waals surface area contributed by atoms with Gasteiger partial charge in [-0.15, -0.1) is 0 Å². The molecule has 84 valence electrons. The number of anilines is 1. The number of hydrogen-bond acceptors (Lipinski definition) is 2. The molecule has 0 aliphatic carbocycles. The van der Waals surface area contributed by atoms with Crippen LogP contribution in [0.1, 0.15) is 6.92 Å². The molecule has 1 heterocycles. The SMILES string of the molecule is CCn1cc(N)c(-c2ccccc2OC)c1. The van der Waals surface area contributed by atoms with Gasteiger partial charge in [0, 0.05) is 30.1 Å². The van der Waals surface area contributed by atoms with Gasteiger partial charge in [0.2, 0.25) is 0 Å². The molecule has 16 heavy (non-hydrogen) atoms. The van der Waals surface area contributed by atoms with Crippen LogP contribution in [-0.4, -0.2) is 11.7 Å². The minimum Gasteiger partial charge on any atom is -0.496 e. The zero-order valence-electron chi connectivity index (χ0n) is 9.60. The van der Waals surface area contributed by atoms with Crippen LogP contribution in [0.25, 0.3) is 11.1 Å². The zero-order valence-corrected chi connectivity index (χ0v) is 9.60. The fraction of sp³-hybridized carbons (Fsp3) is 0.231. The summed E-state index contributed by atoms with van der Waals surface area (Å²) in [6.45, 7) is 3.00. The van der Waals surface area contributed by atoms with E-state index in [-0.39, 0.29) is 0 Å². The Labute approximate surface area is 95.5 Å². The number of para-hydroxylation sites is 1. The Morgan fingerprint density at radius 1 is 1.19 bits per heavy atom. The van der Waals surface area contributed by atoms with Crippen molar-refractivity contribution in [2.45, 2.75) is 13.5 Å². The summed E-state index contributed by atoms with van der Waals surface area (Å²) in [5.41, 5.74) is 8.84. The molecule has 1 aromatic carbocycles. The topological polar surface area (TPSA) is 40.2 Å². The molecule has 0 spiro atoms. The van der Waals surface area contributed by atoms with Gasteiger partial charge in [-0.1, -0.05) is 18.2 Å². The second-order valence-corrected chi connectivity index (χ2v) is 3.66. The third kappa shape index (κ3) is 1.76. The van der Waals surface area contributed by atoms with Gasteiger partial charge in [-0.3, -0.25) is 0 Å². The summed E-state index contributed by atoms with van der Waals surface area (Å²) < 4.78 is 7.40. The molecule has 0 bridgehead atoms. The van der Waals surface area contributed by atoms with Crippen molar-refractivity contribution in [1.29, 1.82) is 0 Å². The van der Waals surface area contributed by atoms with Crippen LogP contribution >= 0.6 is 0 Å². The standard InChI is InChI=1S/C13H16N2O/c1-3-15-8-11(12(14)9-15)10-6-4-5-7-13(10)16-2/h4-9H,3,14H2,1-2H3. The van der Waals surface area contributed by atoms with Gasteiger partial charge in [0.25, 0.3) is 0 Å². The van der Waals surface area contributed by atoms with Crippen molar-refractivity contribution < 1.29 is 4.74 Å². The van der Waals surface area contributed by atoms with E-state index < -0.39 is 0 Å². The summed E-state index contributed by atoms with van der Waals surface area (Å²) >= 11 is 0. The molecule has 2 N–H and O–H groups in total.